The molecule has 0 fully saturated rings. The van der Waals surface area contributed by atoms with Crippen LogP contribution in [0.4, 0.5) is 5.69 Å². The zero-order valence-electron chi connectivity index (χ0n) is 9.00. The van der Waals surface area contributed by atoms with Gasteiger partial charge in [0.2, 0.25) is 0 Å². The van der Waals surface area contributed by atoms with Gasteiger partial charge in [0.05, 0.1) is 0 Å². The lowest BCUT2D eigenvalue weighted by molar-refractivity contribution is 1.34. The van der Waals surface area contributed by atoms with Crippen LogP contribution >= 0.6 is 15.9 Å². The highest BCUT2D eigenvalue weighted by Gasteiger charge is 2.02. The van der Waals surface area contributed by atoms with Crippen molar-refractivity contribution < 1.29 is 0 Å². The Hall–Kier alpha value is -1.78. The van der Waals surface area contributed by atoms with Gasteiger partial charge in [-0.2, -0.15) is 10.5 Å². The van der Waals surface area contributed by atoms with E-state index in [0.29, 0.717) is 0 Å². The van der Waals surface area contributed by atoms with Gasteiger partial charge < -0.3 is 5.32 Å². The van der Waals surface area contributed by atoms with E-state index in [4.69, 9.17) is 10.5 Å². The Balaban J connectivity index is 3.05. The van der Waals surface area contributed by atoms with Crippen LogP contribution in [-0.4, -0.2) is 0 Å². The number of benzene rings is 1. The van der Waals surface area contributed by atoms with Crippen molar-refractivity contribution in [3.63, 3.8) is 0 Å². The van der Waals surface area contributed by atoms with E-state index in [0.717, 1.165) is 21.3 Å². The van der Waals surface area contributed by atoms with Crippen LogP contribution in [-0.2, 0) is 0 Å². The molecule has 4 heteroatoms. The van der Waals surface area contributed by atoms with Crippen molar-refractivity contribution in [2.24, 2.45) is 0 Å². The number of anilines is 1. The van der Waals surface area contributed by atoms with Crippen LogP contribution in [0.25, 0.3) is 0 Å². The van der Waals surface area contributed by atoms with E-state index in [1.165, 1.54) is 6.20 Å². The Morgan fingerprint density at radius 1 is 1.31 bits per heavy atom. The summed E-state index contributed by atoms with van der Waals surface area (Å²) in [5.41, 5.74) is 3.08. The molecule has 0 amide bonds. The average Bonchev–Trinajstić information content (AvgIpc) is 2.26. The first-order chi connectivity index (χ1) is 7.58. The molecule has 1 rings (SSSR count). The fourth-order valence-corrected chi connectivity index (χ4v) is 1.78. The molecule has 0 aliphatic heterocycles. The van der Waals surface area contributed by atoms with Crippen molar-refractivity contribution in [1.82, 2.24) is 0 Å². The summed E-state index contributed by atoms with van der Waals surface area (Å²) in [6.45, 7) is 3.94. The average molecular weight is 276 g/mol. The monoisotopic (exact) mass is 275 g/mol. The van der Waals surface area contributed by atoms with Crippen LogP contribution in [0.3, 0.4) is 0 Å². The number of rotatable bonds is 2. The number of hydrogen-bond acceptors (Lipinski definition) is 3. The van der Waals surface area contributed by atoms with Crippen LogP contribution in [0.5, 0.6) is 0 Å². The molecule has 0 spiro atoms. The number of nitrogens with one attached hydrogen (secondary N) is 1. The Kier molecular flexibility index (Phi) is 4.10. The Bertz CT molecular complexity index is 502. The number of allylic oxidation sites excluding steroid dienone is 1. The molecule has 0 aliphatic carbocycles. The standard InChI is InChI=1S/C12H10BrN3/c1-8-3-11(13)9(2)12(4-8)16-7-10(5-14)6-15/h3-4,7,16H,1-2H3. The molecule has 16 heavy (non-hydrogen) atoms. The molecule has 0 saturated heterocycles. The van der Waals surface area contributed by atoms with Crippen molar-refractivity contribution in [2.45, 2.75) is 13.8 Å². The largest absolute Gasteiger partial charge is 0.360 e. The lowest BCUT2D eigenvalue weighted by Gasteiger charge is -2.08. The highest BCUT2D eigenvalue weighted by Crippen LogP contribution is 2.25. The number of hydrogen-bond donors (Lipinski definition) is 1. The van der Waals surface area contributed by atoms with Gasteiger partial charge >= 0.3 is 0 Å². The molecular weight excluding hydrogens is 266 g/mol. The first-order valence-electron chi connectivity index (χ1n) is 4.62. The summed E-state index contributed by atoms with van der Waals surface area (Å²) in [5.74, 6) is 0. The maximum absolute atomic E-state index is 8.59. The Morgan fingerprint density at radius 2 is 1.94 bits per heavy atom. The summed E-state index contributed by atoms with van der Waals surface area (Å²) in [6.07, 6.45) is 1.41. The Labute approximate surface area is 103 Å². The van der Waals surface area contributed by atoms with Crippen molar-refractivity contribution >= 4 is 21.6 Å². The molecule has 0 bridgehead atoms. The SMILES string of the molecule is Cc1cc(Br)c(C)c(NC=C(C#N)C#N)c1. The van der Waals surface area contributed by atoms with E-state index >= 15 is 0 Å². The number of aryl methyl sites for hydroxylation is 1. The summed E-state index contributed by atoms with van der Waals surface area (Å²) < 4.78 is 0.999. The minimum atomic E-state index is 0.0528. The number of nitriles is 2. The molecule has 80 valence electrons. The first kappa shape index (κ1) is 12.3. The third-order valence-corrected chi connectivity index (χ3v) is 2.93. The molecule has 1 N–H and O–H groups in total. The normalized spacial score (nSPS) is 8.81. The van der Waals surface area contributed by atoms with Crippen LogP contribution < -0.4 is 5.32 Å². The van der Waals surface area contributed by atoms with Gasteiger partial charge in [0.25, 0.3) is 0 Å². The molecule has 0 atom stereocenters. The van der Waals surface area contributed by atoms with Gasteiger partial charge in [0, 0.05) is 16.4 Å². The van der Waals surface area contributed by atoms with E-state index in [1.54, 1.807) is 12.1 Å². The molecule has 0 heterocycles. The molecule has 0 aliphatic rings. The van der Waals surface area contributed by atoms with E-state index in [1.807, 2.05) is 26.0 Å². The number of nitrogens with zero attached hydrogens (tertiary/aromatic N) is 2. The van der Waals surface area contributed by atoms with E-state index < -0.39 is 0 Å². The molecule has 0 unspecified atom stereocenters. The zero-order valence-corrected chi connectivity index (χ0v) is 10.6. The third-order valence-electron chi connectivity index (χ3n) is 2.10. The van der Waals surface area contributed by atoms with Crippen molar-refractivity contribution in [3.05, 3.63) is 39.5 Å². The summed E-state index contributed by atoms with van der Waals surface area (Å²) in [7, 11) is 0. The highest BCUT2D eigenvalue weighted by molar-refractivity contribution is 9.10. The van der Waals surface area contributed by atoms with Gasteiger partial charge in [-0.3, -0.25) is 0 Å². The highest BCUT2D eigenvalue weighted by atomic mass is 79.9. The zero-order chi connectivity index (χ0) is 12.1. The number of halogens is 1. The molecule has 1 aromatic carbocycles. The van der Waals surface area contributed by atoms with Crippen molar-refractivity contribution in [2.75, 3.05) is 5.32 Å². The second-order valence-corrected chi connectivity index (χ2v) is 4.20. The van der Waals surface area contributed by atoms with Gasteiger partial charge in [0.15, 0.2) is 0 Å². The first-order valence-corrected chi connectivity index (χ1v) is 5.41. The summed E-state index contributed by atoms with van der Waals surface area (Å²) in [4.78, 5) is 0. The topological polar surface area (TPSA) is 59.6 Å². The molecule has 3 nitrogen and oxygen atoms in total. The summed E-state index contributed by atoms with van der Waals surface area (Å²) in [5, 5.41) is 20.1. The summed E-state index contributed by atoms with van der Waals surface area (Å²) >= 11 is 3.45. The summed E-state index contributed by atoms with van der Waals surface area (Å²) in [6, 6.07) is 7.57. The van der Waals surface area contributed by atoms with E-state index in [2.05, 4.69) is 21.2 Å². The molecule has 0 saturated carbocycles. The molecule has 1 aromatic rings. The fourth-order valence-electron chi connectivity index (χ4n) is 1.20. The minimum absolute atomic E-state index is 0.0528. The molecule has 0 aromatic heterocycles. The van der Waals surface area contributed by atoms with Gasteiger partial charge in [0.1, 0.15) is 17.7 Å². The van der Waals surface area contributed by atoms with Crippen molar-refractivity contribution in [3.8, 4) is 12.1 Å². The Morgan fingerprint density at radius 3 is 2.50 bits per heavy atom. The maximum atomic E-state index is 8.59. The van der Waals surface area contributed by atoms with Crippen molar-refractivity contribution in [1.29, 1.82) is 10.5 Å². The smallest absolute Gasteiger partial charge is 0.145 e. The van der Waals surface area contributed by atoms with Crippen LogP contribution in [0.2, 0.25) is 0 Å². The van der Waals surface area contributed by atoms with Gasteiger partial charge in [-0.1, -0.05) is 15.9 Å². The quantitative estimate of drug-likeness (QED) is 0.842. The predicted octanol–water partition coefficient (Wildman–Crippen LogP) is 3.41. The van der Waals surface area contributed by atoms with Crippen LogP contribution in [0, 0.1) is 36.5 Å². The van der Waals surface area contributed by atoms with E-state index in [-0.39, 0.29) is 5.57 Å². The third kappa shape index (κ3) is 2.85. The van der Waals surface area contributed by atoms with Gasteiger partial charge in [-0.15, -0.1) is 0 Å². The fraction of sp³-hybridized carbons (Fsp3) is 0.167. The lowest BCUT2D eigenvalue weighted by atomic mass is 10.1. The van der Waals surface area contributed by atoms with Gasteiger partial charge in [-0.25, -0.2) is 0 Å². The lowest BCUT2D eigenvalue weighted by Crippen LogP contribution is -1.94. The second kappa shape index (κ2) is 5.34. The molecule has 0 radical (unpaired) electrons. The van der Waals surface area contributed by atoms with Gasteiger partial charge in [-0.05, 0) is 37.1 Å². The second-order valence-electron chi connectivity index (χ2n) is 3.35. The van der Waals surface area contributed by atoms with Crippen LogP contribution in [0.15, 0.2) is 28.4 Å². The minimum Gasteiger partial charge on any atom is -0.360 e. The van der Waals surface area contributed by atoms with Crippen LogP contribution in [0.1, 0.15) is 11.1 Å². The molecular formula is C12H10BrN3. The maximum Gasteiger partial charge on any atom is 0.145 e. The predicted molar refractivity (Wildman–Crippen MR) is 66.5 cm³/mol. The van der Waals surface area contributed by atoms with E-state index in [9.17, 15) is 0 Å².